The molecular weight excluding hydrogens is 152 g/mol. The number of hydrogen-bond donors (Lipinski definition) is 1. The second-order valence-electron chi connectivity index (χ2n) is 3.75. The van der Waals surface area contributed by atoms with Gasteiger partial charge in [-0.2, -0.15) is 0 Å². The fraction of sp³-hybridized carbons (Fsp3) is 0.600. The highest BCUT2D eigenvalue weighted by Crippen LogP contribution is 2.30. The molecule has 0 saturated heterocycles. The highest BCUT2D eigenvalue weighted by Gasteiger charge is 2.27. The van der Waals surface area contributed by atoms with Crippen LogP contribution < -0.4 is 0 Å². The van der Waals surface area contributed by atoms with Crippen LogP contribution in [-0.4, -0.2) is 10.9 Å². The van der Waals surface area contributed by atoms with Gasteiger partial charge in [-0.15, -0.1) is 0 Å². The minimum absolute atomic E-state index is 0.452. The fourth-order valence-electron chi connectivity index (χ4n) is 1.43. The molecule has 0 aromatic heterocycles. The fourth-order valence-corrected chi connectivity index (χ4v) is 1.43. The predicted molar refractivity (Wildman–Crippen MR) is 48.8 cm³/mol. The molecule has 0 heterocycles. The first kappa shape index (κ1) is 9.49. The highest BCUT2D eigenvalue weighted by atomic mass is 17.1. The van der Waals surface area contributed by atoms with Crippen LogP contribution in [0.5, 0.6) is 0 Å². The molecule has 0 saturated carbocycles. The third-order valence-corrected chi connectivity index (χ3v) is 2.47. The molecule has 1 aliphatic carbocycles. The van der Waals surface area contributed by atoms with Crippen LogP contribution in [0.15, 0.2) is 24.3 Å². The van der Waals surface area contributed by atoms with Crippen LogP contribution in [0.2, 0.25) is 0 Å². The Kier molecular flexibility index (Phi) is 2.70. The first-order valence-corrected chi connectivity index (χ1v) is 4.25. The SMILES string of the molecule is C=C(C)[C@H]1C=CC(C)(OO)CC1. The van der Waals surface area contributed by atoms with Gasteiger partial charge >= 0.3 is 0 Å². The maximum atomic E-state index is 8.60. The van der Waals surface area contributed by atoms with Crippen LogP contribution in [0.4, 0.5) is 0 Å². The van der Waals surface area contributed by atoms with Crippen LogP contribution in [-0.2, 0) is 4.89 Å². The largest absolute Gasteiger partial charge is 0.251 e. The molecule has 0 spiro atoms. The van der Waals surface area contributed by atoms with Gasteiger partial charge in [0.05, 0.1) is 0 Å². The van der Waals surface area contributed by atoms with Crippen molar-refractivity contribution in [3.8, 4) is 0 Å². The van der Waals surface area contributed by atoms with Crippen molar-refractivity contribution in [2.45, 2.75) is 32.3 Å². The molecule has 1 N–H and O–H groups in total. The molecule has 1 rings (SSSR count). The summed E-state index contributed by atoms with van der Waals surface area (Å²) in [5, 5.41) is 8.60. The van der Waals surface area contributed by atoms with E-state index in [9.17, 15) is 0 Å². The van der Waals surface area contributed by atoms with E-state index in [-0.39, 0.29) is 0 Å². The first-order valence-electron chi connectivity index (χ1n) is 4.25. The summed E-state index contributed by atoms with van der Waals surface area (Å²) >= 11 is 0. The van der Waals surface area contributed by atoms with E-state index in [0.29, 0.717) is 5.92 Å². The Morgan fingerprint density at radius 1 is 1.75 bits per heavy atom. The maximum absolute atomic E-state index is 8.60. The van der Waals surface area contributed by atoms with Crippen LogP contribution >= 0.6 is 0 Å². The van der Waals surface area contributed by atoms with Gasteiger partial charge in [-0.3, -0.25) is 5.26 Å². The highest BCUT2D eigenvalue weighted by molar-refractivity contribution is 5.14. The maximum Gasteiger partial charge on any atom is 0.119 e. The van der Waals surface area contributed by atoms with E-state index >= 15 is 0 Å². The van der Waals surface area contributed by atoms with Crippen molar-refractivity contribution in [3.63, 3.8) is 0 Å². The van der Waals surface area contributed by atoms with Gasteiger partial charge in [0.15, 0.2) is 0 Å². The molecule has 2 atom stereocenters. The van der Waals surface area contributed by atoms with E-state index in [1.165, 1.54) is 5.57 Å². The van der Waals surface area contributed by atoms with Crippen LogP contribution in [0.3, 0.4) is 0 Å². The summed E-state index contributed by atoms with van der Waals surface area (Å²) in [5.74, 6) is 0.452. The Balaban J connectivity index is 2.64. The lowest BCUT2D eigenvalue weighted by atomic mass is 9.83. The predicted octanol–water partition coefficient (Wildman–Crippen LogP) is 2.78. The quantitative estimate of drug-likeness (QED) is 0.390. The lowest BCUT2D eigenvalue weighted by molar-refractivity contribution is -0.305. The average Bonchev–Trinajstić information content (AvgIpc) is 2.05. The van der Waals surface area contributed by atoms with Crippen molar-refractivity contribution in [1.29, 1.82) is 0 Å². The number of hydrogen-bond acceptors (Lipinski definition) is 2. The lowest BCUT2D eigenvalue weighted by Crippen LogP contribution is -2.28. The molecular formula is C10H16O2. The summed E-state index contributed by atoms with van der Waals surface area (Å²) in [4.78, 5) is 4.39. The molecule has 2 nitrogen and oxygen atoms in total. The summed E-state index contributed by atoms with van der Waals surface area (Å²) in [7, 11) is 0. The summed E-state index contributed by atoms with van der Waals surface area (Å²) in [6.07, 6.45) is 5.82. The Morgan fingerprint density at radius 3 is 2.75 bits per heavy atom. The van der Waals surface area contributed by atoms with E-state index in [4.69, 9.17) is 5.26 Å². The zero-order valence-electron chi connectivity index (χ0n) is 7.71. The molecule has 0 radical (unpaired) electrons. The molecule has 12 heavy (non-hydrogen) atoms. The van der Waals surface area contributed by atoms with Gasteiger partial charge in [-0.1, -0.05) is 24.3 Å². The third-order valence-electron chi connectivity index (χ3n) is 2.47. The van der Waals surface area contributed by atoms with Gasteiger partial charge < -0.3 is 0 Å². The van der Waals surface area contributed by atoms with E-state index in [2.05, 4.69) is 17.5 Å². The zero-order chi connectivity index (χ0) is 9.19. The number of allylic oxidation sites excluding steroid dienone is 2. The summed E-state index contributed by atoms with van der Waals surface area (Å²) in [6, 6.07) is 0. The van der Waals surface area contributed by atoms with Crippen molar-refractivity contribution in [2.24, 2.45) is 5.92 Å². The normalized spacial score (nSPS) is 35.1. The monoisotopic (exact) mass is 168 g/mol. The Bertz CT molecular complexity index is 208. The molecule has 1 unspecified atom stereocenters. The molecule has 0 aromatic rings. The standard InChI is InChI=1S/C10H16O2/c1-8(2)9-4-6-10(3,12-11)7-5-9/h4,6,9,11H,1,5,7H2,2-3H3/t9-,10?/m0/s1. The van der Waals surface area contributed by atoms with Crippen molar-refractivity contribution in [2.75, 3.05) is 0 Å². The second kappa shape index (κ2) is 3.42. The van der Waals surface area contributed by atoms with Gasteiger partial charge in [-0.05, 0) is 32.6 Å². The molecule has 0 amide bonds. The first-order chi connectivity index (χ1) is 5.57. The van der Waals surface area contributed by atoms with Gasteiger partial charge in [0, 0.05) is 0 Å². The molecule has 0 aromatic carbocycles. The Hall–Kier alpha value is -0.600. The van der Waals surface area contributed by atoms with E-state index < -0.39 is 5.60 Å². The van der Waals surface area contributed by atoms with Gasteiger partial charge in [-0.25, -0.2) is 4.89 Å². The van der Waals surface area contributed by atoms with E-state index in [1.807, 2.05) is 19.9 Å². The van der Waals surface area contributed by atoms with Crippen LogP contribution in [0.1, 0.15) is 26.7 Å². The van der Waals surface area contributed by atoms with Gasteiger partial charge in [0.1, 0.15) is 5.60 Å². The van der Waals surface area contributed by atoms with Crippen molar-refractivity contribution < 1.29 is 10.1 Å². The molecule has 2 heteroatoms. The Labute approximate surface area is 73.5 Å². The third kappa shape index (κ3) is 1.96. The molecule has 0 bridgehead atoms. The molecule has 1 aliphatic rings. The summed E-state index contributed by atoms with van der Waals surface area (Å²) in [5.41, 5.74) is 0.692. The van der Waals surface area contributed by atoms with Crippen LogP contribution in [0, 0.1) is 5.92 Å². The average molecular weight is 168 g/mol. The van der Waals surface area contributed by atoms with Gasteiger partial charge in [0.2, 0.25) is 0 Å². The molecule has 0 fully saturated rings. The smallest absolute Gasteiger partial charge is 0.119 e. The molecule has 0 aliphatic heterocycles. The zero-order valence-corrected chi connectivity index (χ0v) is 7.71. The Morgan fingerprint density at radius 2 is 2.42 bits per heavy atom. The summed E-state index contributed by atoms with van der Waals surface area (Å²) < 4.78 is 0. The van der Waals surface area contributed by atoms with E-state index in [0.717, 1.165) is 12.8 Å². The topological polar surface area (TPSA) is 29.5 Å². The van der Waals surface area contributed by atoms with Crippen molar-refractivity contribution in [3.05, 3.63) is 24.3 Å². The second-order valence-corrected chi connectivity index (χ2v) is 3.75. The minimum atomic E-state index is -0.480. The van der Waals surface area contributed by atoms with Crippen LogP contribution in [0.25, 0.3) is 0 Å². The molecule has 68 valence electrons. The summed E-state index contributed by atoms with van der Waals surface area (Å²) in [6.45, 7) is 7.80. The van der Waals surface area contributed by atoms with Gasteiger partial charge in [0.25, 0.3) is 0 Å². The van der Waals surface area contributed by atoms with Crippen molar-refractivity contribution >= 4 is 0 Å². The minimum Gasteiger partial charge on any atom is -0.251 e. The number of rotatable bonds is 2. The van der Waals surface area contributed by atoms with E-state index in [1.54, 1.807) is 0 Å². The lowest BCUT2D eigenvalue weighted by Gasteiger charge is -2.29. The van der Waals surface area contributed by atoms with Crippen molar-refractivity contribution in [1.82, 2.24) is 0 Å².